The summed E-state index contributed by atoms with van der Waals surface area (Å²) in [6.07, 6.45) is 2.93. The van der Waals surface area contributed by atoms with Crippen molar-refractivity contribution in [2.75, 3.05) is 38.2 Å². The van der Waals surface area contributed by atoms with Gasteiger partial charge in [0.05, 0.1) is 24.9 Å². The number of carbonyl (C=O) groups is 2. The summed E-state index contributed by atoms with van der Waals surface area (Å²) in [6.45, 7) is 7.61. The van der Waals surface area contributed by atoms with E-state index in [0.29, 0.717) is 49.2 Å². The number of anilines is 2. The smallest absolute Gasteiger partial charge is 0.435 e. The molecule has 0 bridgehead atoms. The summed E-state index contributed by atoms with van der Waals surface area (Å²) >= 11 is 0. The average Bonchev–Trinajstić information content (AvgIpc) is 3.63. The number of fused-ring (bicyclic) bond motifs is 2. The van der Waals surface area contributed by atoms with Crippen molar-refractivity contribution in [1.82, 2.24) is 29.3 Å². The molecule has 1 fully saturated rings. The quantitative estimate of drug-likeness (QED) is 0.314. The van der Waals surface area contributed by atoms with Gasteiger partial charge in [-0.1, -0.05) is 12.1 Å². The van der Waals surface area contributed by atoms with Gasteiger partial charge in [-0.3, -0.25) is 4.79 Å². The minimum Gasteiger partial charge on any atom is -0.484 e. The lowest BCUT2D eigenvalue weighted by Crippen LogP contribution is -2.42. The predicted octanol–water partition coefficient (Wildman–Crippen LogP) is 4.51. The Hall–Kier alpha value is -4.97. The second-order valence-corrected chi connectivity index (χ2v) is 10.9. The van der Waals surface area contributed by atoms with E-state index in [-0.39, 0.29) is 12.5 Å². The molecule has 1 aliphatic heterocycles. The van der Waals surface area contributed by atoms with Crippen molar-refractivity contribution >= 4 is 39.9 Å². The first-order chi connectivity index (χ1) is 20.2. The molecule has 1 amide bonds. The van der Waals surface area contributed by atoms with Gasteiger partial charge in [0.25, 0.3) is 5.91 Å². The number of benzene rings is 2. The fraction of sp³-hybridized carbons (Fsp3) is 0.300. The van der Waals surface area contributed by atoms with E-state index in [0.717, 1.165) is 22.2 Å². The number of nitrogens with zero attached hydrogens (tertiary/aromatic N) is 6. The van der Waals surface area contributed by atoms with Gasteiger partial charge in [0.1, 0.15) is 16.9 Å². The van der Waals surface area contributed by atoms with Crippen molar-refractivity contribution in [2.24, 2.45) is 0 Å². The van der Waals surface area contributed by atoms with Crippen LogP contribution in [0.25, 0.3) is 27.8 Å². The van der Waals surface area contributed by atoms with Crippen LogP contribution in [0.1, 0.15) is 20.8 Å². The van der Waals surface area contributed by atoms with Crippen molar-refractivity contribution in [3.05, 3.63) is 67.0 Å². The van der Waals surface area contributed by atoms with Crippen LogP contribution in [-0.2, 0) is 14.3 Å². The van der Waals surface area contributed by atoms with Gasteiger partial charge in [0.2, 0.25) is 0 Å². The van der Waals surface area contributed by atoms with E-state index in [1.165, 1.54) is 4.68 Å². The molecule has 42 heavy (non-hydrogen) atoms. The molecule has 0 atom stereocenters. The normalized spacial score (nSPS) is 13.8. The first-order valence-corrected chi connectivity index (χ1v) is 13.7. The van der Waals surface area contributed by atoms with E-state index < -0.39 is 11.7 Å². The van der Waals surface area contributed by atoms with E-state index in [1.807, 2.05) is 75.5 Å². The van der Waals surface area contributed by atoms with Gasteiger partial charge in [-0.2, -0.15) is 9.78 Å². The lowest BCUT2D eigenvalue weighted by atomic mass is 10.2. The van der Waals surface area contributed by atoms with Crippen LogP contribution in [0, 0.1) is 0 Å². The van der Waals surface area contributed by atoms with Gasteiger partial charge in [0.15, 0.2) is 18.2 Å². The van der Waals surface area contributed by atoms with Crippen molar-refractivity contribution < 1.29 is 23.8 Å². The third-order valence-corrected chi connectivity index (χ3v) is 6.61. The number of morpholine rings is 1. The van der Waals surface area contributed by atoms with Crippen LogP contribution >= 0.6 is 0 Å². The third kappa shape index (κ3) is 5.88. The Bertz CT molecular complexity index is 1770. The summed E-state index contributed by atoms with van der Waals surface area (Å²) in [4.78, 5) is 31.7. The van der Waals surface area contributed by atoms with Crippen molar-refractivity contribution in [1.29, 1.82) is 0 Å². The molecule has 0 saturated carbocycles. The highest BCUT2D eigenvalue weighted by Gasteiger charge is 2.21. The summed E-state index contributed by atoms with van der Waals surface area (Å²) in [5.74, 6) is 1.55. The minimum absolute atomic E-state index is 0.0548. The van der Waals surface area contributed by atoms with Gasteiger partial charge in [-0.05, 0) is 63.2 Å². The minimum atomic E-state index is -0.629. The summed E-state index contributed by atoms with van der Waals surface area (Å²) in [7, 11) is 0. The Kier molecular flexibility index (Phi) is 7.21. The zero-order valence-corrected chi connectivity index (χ0v) is 23.6. The summed E-state index contributed by atoms with van der Waals surface area (Å²) in [6, 6.07) is 16.7. The topological polar surface area (TPSA) is 125 Å². The van der Waals surface area contributed by atoms with Gasteiger partial charge < -0.3 is 24.4 Å². The van der Waals surface area contributed by atoms with Gasteiger partial charge in [-0.15, -0.1) is 5.10 Å². The van der Waals surface area contributed by atoms with Crippen LogP contribution in [0.15, 0.2) is 67.0 Å². The number of hydrogen-bond donors (Lipinski definition) is 1. The highest BCUT2D eigenvalue weighted by Crippen LogP contribution is 2.28. The first-order valence-electron chi connectivity index (χ1n) is 13.7. The Labute approximate surface area is 241 Å². The number of amides is 1. The van der Waals surface area contributed by atoms with Gasteiger partial charge in [-0.25, -0.2) is 14.3 Å². The zero-order chi connectivity index (χ0) is 29.3. The number of nitrogens with one attached hydrogen (secondary N) is 1. The molecule has 2 aromatic carbocycles. The second kappa shape index (κ2) is 11.1. The highest BCUT2D eigenvalue weighted by molar-refractivity contribution is 5.90. The van der Waals surface area contributed by atoms with E-state index in [2.05, 4.69) is 15.5 Å². The first kappa shape index (κ1) is 27.2. The fourth-order valence-corrected chi connectivity index (χ4v) is 4.62. The van der Waals surface area contributed by atoms with Crippen LogP contribution in [0.3, 0.4) is 0 Å². The van der Waals surface area contributed by atoms with Crippen LogP contribution in [0.4, 0.5) is 16.3 Å². The van der Waals surface area contributed by atoms with Crippen LogP contribution in [0.5, 0.6) is 5.75 Å². The maximum absolute atomic E-state index is 12.6. The number of aromatic nitrogens is 5. The van der Waals surface area contributed by atoms with Crippen molar-refractivity contribution in [2.45, 2.75) is 26.4 Å². The Balaban J connectivity index is 1.23. The maximum Gasteiger partial charge on any atom is 0.435 e. The van der Waals surface area contributed by atoms with Crippen molar-refractivity contribution in [3.8, 4) is 17.1 Å². The molecule has 6 rings (SSSR count). The standard InChI is InChI=1S/C30H31N7O5/c1-30(2,3)42-29(39)37-24-10-9-22(16-21(24)18-31-37)32-28-25-8-5-11-36(25)34-27(33-28)20-6-4-7-23(17-20)41-19-26(38)35-12-14-40-15-13-35/h4-11,16-18H,12-15,19H2,1-3H3,(H,32,33,34). The van der Waals surface area contributed by atoms with E-state index >= 15 is 0 Å². The van der Waals surface area contributed by atoms with Gasteiger partial charge >= 0.3 is 6.09 Å². The number of rotatable bonds is 6. The molecule has 1 aliphatic rings. The molecule has 0 radical (unpaired) electrons. The molecule has 5 aromatic rings. The molecule has 1 N–H and O–H groups in total. The molecule has 1 saturated heterocycles. The maximum atomic E-state index is 12.6. The summed E-state index contributed by atoms with van der Waals surface area (Å²) < 4.78 is 19.6. The largest absolute Gasteiger partial charge is 0.484 e. The zero-order valence-electron chi connectivity index (χ0n) is 23.6. The van der Waals surface area contributed by atoms with E-state index in [9.17, 15) is 9.59 Å². The number of hydrogen-bond acceptors (Lipinski definition) is 9. The summed E-state index contributed by atoms with van der Waals surface area (Å²) in [5.41, 5.74) is 2.29. The highest BCUT2D eigenvalue weighted by atomic mass is 16.6. The number of ether oxygens (including phenoxy) is 3. The lowest BCUT2D eigenvalue weighted by molar-refractivity contribution is -0.137. The van der Waals surface area contributed by atoms with Crippen LogP contribution in [-0.4, -0.2) is 79.8 Å². The van der Waals surface area contributed by atoms with E-state index in [1.54, 1.807) is 21.7 Å². The molecule has 216 valence electrons. The van der Waals surface area contributed by atoms with E-state index in [4.69, 9.17) is 19.2 Å². The molecular formula is C30H31N7O5. The SMILES string of the molecule is CC(C)(C)OC(=O)n1ncc2cc(Nc3nc(-c4cccc(OCC(=O)N5CCOCC5)c4)nn4cccc34)ccc21. The molecule has 12 heteroatoms. The molecule has 4 heterocycles. The molecule has 3 aromatic heterocycles. The molecule has 12 nitrogen and oxygen atoms in total. The van der Waals surface area contributed by atoms with Crippen LogP contribution < -0.4 is 10.1 Å². The monoisotopic (exact) mass is 569 g/mol. The molecule has 0 aliphatic carbocycles. The number of carbonyl (C=O) groups excluding carboxylic acids is 2. The lowest BCUT2D eigenvalue weighted by Gasteiger charge is -2.26. The predicted molar refractivity (Wildman–Crippen MR) is 156 cm³/mol. The second-order valence-electron chi connectivity index (χ2n) is 10.9. The third-order valence-electron chi connectivity index (χ3n) is 6.61. The fourth-order valence-electron chi connectivity index (χ4n) is 4.62. The Morgan fingerprint density at radius 3 is 2.67 bits per heavy atom. The molecule has 0 unspecified atom stereocenters. The Morgan fingerprint density at radius 2 is 1.86 bits per heavy atom. The average molecular weight is 570 g/mol. The summed E-state index contributed by atoms with van der Waals surface area (Å²) in [5, 5.41) is 13.1. The Morgan fingerprint density at radius 1 is 1.02 bits per heavy atom. The van der Waals surface area contributed by atoms with Gasteiger partial charge in [0, 0.05) is 35.9 Å². The molecular weight excluding hydrogens is 538 g/mol. The van der Waals surface area contributed by atoms with Crippen molar-refractivity contribution in [3.63, 3.8) is 0 Å². The molecule has 0 spiro atoms. The van der Waals surface area contributed by atoms with Crippen LogP contribution in [0.2, 0.25) is 0 Å².